The molecular formula is C18H12N6O2S. The zero-order valence-electron chi connectivity index (χ0n) is 14.2. The zero-order valence-corrected chi connectivity index (χ0v) is 15.0. The maximum atomic E-state index is 12.0. The van der Waals surface area contributed by atoms with Gasteiger partial charge in [-0.3, -0.25) is 4.52 Å². The Hall–Kier alpha value is -3.33. The molecule has 0 spiro atoms. The van der Waals surface area contributed by atoms with Crippen LogP contribution in [0.1, 0.15) is 0 Å². The minimum Gasteiger partial charge on any atom is -0.861 e. The van der Waals surface area contributed by atoms with E-state index in [2.05, 4.69) is 37.6 Å². The van der Waals surface area contributed by atoms with Crippen LogP contribution in [0, 0.1) is 0 Å². The topological polar surface area (TPSA) is 104 Å². The van der Waals surface area contributed by atoms with Crippen LogP contribution in [-0.4, -0.2) is 32.1 Å². The van der Waals surface area contributed by atoms with Gasteiger partial charge in [0.05, 0.1) is 0 Å². The van der Waals surface area contributed by atoms with E-state index in [0.717, 1.165) is 33.3 Å². The number of hydrogen-bond donors (Lipinski definition) is 0. The molecule has 2 aromatic heterocycles. The van der Waals surface area contributed by atoms with Crippen molar-refractivity contribution < 1.29 is 14.3 Å². The lowest BCUT2D eigenvalue weighted by atomic mass is 10.0. The van der Waals surface area contributed by atoms with Crippen molar-refractivity contribution in [3.05, 3.63) is 42.6 Å². The first-order valence-electron chi connectivity index (χ1n) is 8.16. The van der Waals surface area contributed by atoms with Gasteiger partial charge >= 0.3 is 5.88 Å². The van der Waals surface area contributed by atoms with Crippen molar-refractivity contribution in [2.45, 2.75) is 5.16 Å². The van der Waals surface area contributed by atoms with Gasteiger partial charge in [0, 0.05) is 22.3 Å². The lowest BCUT2D eigenvalue weighted by Crippen LogP contribution is -2.27. The van der Waals surface area contributed by atoms with E-state index >= 15 is 0 Å². The van der Waals surface area contributed by atoms with Crippen molar-refractivity contribution in [1.82, 2.24) is 20.5 Å². The fourth-order valence-corrected chi connectivity index (χ4v) is 3.69. The smallest absolute Gasteiger partial charge is 0.320 e. The largest absolute Gasteiger partial charge is 0.861 e. The van der Waals surface area contributed by atoms with E-state index < -0.39 is 0 Å². The van der Waals surface area contributed by atoms with Crippen LogP contribution in [0.3, 0.4) is 0 Å². The van der Waals surface area contributed by atoms with Crippen LogP contribution < -0.4 is 9.79 Å². The third-order valence-corrected chi connectivity index (χ3v) is 5.02. The van der Waals surface area contributed by atoms with Gasteiger partial charge < -0.3 is 5.11 Å². The van der Waals surface area contributed by atoms with Gasteiger partial charge in [0.2, 0.25) is 5.16 Å². The number of nitrogens with zero attached hydrogens (tertiary/aromatic N) is 6. The van der Waals surface area contributed by atoms with E-state index in [9.17, 15) is 5.11 Å². The van der Waals surface area contributed by atoms with Gasteiger partial charge in [-0.1, -0.05) is 52.8 Å². The van der Waals surface area contributed by atoms with Crippen molar-refractivity contribution in [3.8, 4) is 22.5 Å². The van der Waals surface area contributed by atoms with E-state index in [1.54, 1.807) is 7.05 Å². The summed E-state index contributed by atoms with van der Waals surface area (Å²) in [4.78, 5) is 8.48. The van der Waals surface area contributed by atoms with Gasteiger partial charge in [0.1, 0.15) is 11.4 Å². The summed E-state index contributed by atoms with van der Waals surface area (Å²) in [5.74, 6) is -0.105. The van der Waals surface area contributed by atoms with Gasteiger partial charge in [-0.2, -0.15) is 0 Å². The van der Waals surface area contributed by atoms with Crippen molar-refractivity contribution in [3.63, 3.8) is 0 Å². The average Bonchev–Trinajstić information content (AvgIpc) is 3.23. The molecule has 0 saturated carbocycles. The Labute approximate surface area is 157 Å². The number of thioether (sulfide) groups is 1. The van der Waals surface area contributed by atoms with E-state index in [4.69, 9.17) is 4.52 Å². The van der Waals surface area contributed by atoms with Gasteiger partial charge in [-0.25, -0.2) is 9.98 Å². The molecular weight excluding hydrogens is 364 g/mol. The molecule has 8 nitrogen and oxygen atoms in total. The number of aryl methyl sites for hydroxylation is 1. The summed E-state index contributed by atoms with van der Waals surface area (Å²) >= 11 is 1.19. The van der Waals surface area contributed by atoms with Crippen molar-refractivity contribution in [1.29, 1.82) is 0 Å². The first kappa shape index (κ1) is 15.9. The Kier molecular flexibility index (Phi) is 3.61. The lowest BCUT2D eigenvalue weighted by Gasteiger charge is -2.07. The summed E-state index contributed by atoms with van der Waals surface area (Å²) in [6, 6.07) is 12.2. The Morgan fingerprint density at radius 2 is 1.93 bits per heavy atom. The third-order valence-electron chi connectivity index (χ3n) is 4.20. The molecule has 1 aliphatic carbocycles. The standard InChI is InChI=1S/C18H12N6O2S/c1-24-8-14(26-23-24)19-13(25)9-27-18-20-16-11-6-2-4-10-5-3-7-12(15(10)11)17(16)21-22-18/h2-8H,9H2,1H3. The Balaban J connectivity index is 1.43. The predicted molar refractivity (Wildman–Crippen MR) is 97.3 cm³/mol. The van der Waals surface area contributed by atoms with Crippen LogP contribution in [0.5, 0.6) is 0 Å². The first-order valence-corrected chi connectivity index (χ1v) is 9.15. The SMILES string of the molecule is C[n+]1cc(/N=C(/[O-])CSc2nnc3c(n2)-c2cccc4cccc-3c24)on1. The van der Waals surface area contributed by atoms with Gasteiger partial charge in [0.15, 0.2) is 12.3 Å². The Morgan fingerprint density at radius 3 is 2.67 bits per heavy atom. The zero-order chi connectivity index (χ0) is 18.4. The second-order valence-electron chi connectivity index (χ2n) is 6.01. The average molecular weight is 376 g/mol. The number of fused-ring (bicyclic) bond motifs is 3. The van der Waals surface area contributed by atoms with Crippen LogP contribution in [0.4, 0.5) is 5.88 Å². The minimum absolute atomic E-state index is 0.0853. The van der Waals surface area contributed by atoms with Crippen LogP contribution in [0.25, 0.3) is 33.3 Å². The molecule has 4 aromatic rings. The molecule has 2 aromatic carbocycles. The van der Waals surface area contributed by atoms with E-state index in [1.807, 2.05) is 24.3 Å². The molecule has 0 fully saturated rings. The van der Waals surface area contributed by atoms with Crippen molar-refractivity contribution >= 4 is 34.3 Å². The highest BCUT2D eigenvalue weighted by Crippen LogP contribution is 2.44. The third kappa shape index (κ3) is 2.72. The summed E-state index contributed by atoms with van der Waals surface area (Å²) in [5.41, 5.74) is 3.65. The lowest BCUT2D eigenvalue weighted by molar-refractivity contribution is -0.739. The predicted octanol–water partition coefficient (Wildman–Crippen LogP) is 1.67. The number of benzene rings is 2. The molecule has 0 N–H and O–H groups in total. The summed E-state index contributed by atoms with van der Waals surface area (Å²) in [6.45, 7) is 0. The Bertz CT molecular complexity index is 1210. The van der Waals surface area contributed by atoms with Crippen LogP contribution in [0.15, 0.2) is 57.3 Å². The maximum absolute atomic E-state index is 12.0. The number of rotatable bonds is 4. The normalized spacial score (nSPS) is 12.6. The minimum atomic E-state index is -0.355. The summed E-state index contributed by atoms with van der Waals surface area (Å²) in [5, 5.41) is 26.9. The molecule has 0 unspecified atom stereocenters. The molecule has 27 heavy (non-hydrogen) atoms. The van der Waals surface area contributed by atoms with Crippen LogP contribution in [-0.2, 0) is 7.05 Å². The second kappa shape index (κ2) is 6.13. The van der Waals surface area contributed by atoms with Gasteiger partial charge in [-0.05, 0) is 11.3 Å². The molecule has 2 heterocycles. The van der Waals surface area contributed by atoms with Gasteiger partial charge in [0.25, 0.3) is 6.20 Å². The highest BCUT2D eigenvalue weighted by molar-refractivity contribution is 7.99. The number of aromatic nitrogens is 5. The van der Waals surface area contributed by atoms with Crippen LogP contribution in [0.2, 0.25) is 0 Å². The molecule has 0 radical (unpaired) electrons. The fraction of sp³-hybridized carbons (Fsp3) is 0.111. The summed E-state index contributed by atoms with van der Waals surface area (Å²) < 4.78 is 6.32. The highest BCUT2D eigenvalue weighted by atomic mass is 32.2. The molecule has 0 atom stereocenters. The van der Waals surface area contributed by atoms with Crippen molar-refractivity contribution in [2.24, 2.45) is 12.0 Å². The quantitative estimate of drug-likeness (QED) is 0.203. The van der Waals surface area contributed by atoms with E-state index in [0.29, 0.717) is 5.16 Å². The van der Waals surface area contributed by atoms with E-state index in [1.165, 1.54) is 22.6 Å². The summed E-state index contributed by atoms with van der Waals surface area (Å²) in [7, 11) is 1.68. The van der Waals surface area contributed by atoms with Crippen molar-refractivity contribution in [2.75, 3.05) is 5.75 Å². The summed E-state index contributed by atoms with van der Waals surface area (Å²) in [6.07, 6.45) is 1.52. The number of hydrogen-bond acceptors (Lipinski definition) is 8. The molecule has 0 saturated heterocycles. The molecule has 5 rings (SSSR count). The fourth-order valence-electron chi connectivity index (χ4n) is 3.12. The van der Waals surface area contributed by atoms with E-state index in [-0.39, 0.29) is 17.5 Å². The van der Waals surface area contributed by atoms with Crippen LogP contribution >= 0.6 is 11.8 Å². The Morgan fingerprint density at radius 1 is 1.15 bits per heavy atom. The molecule has 132 valence electrons. The molecule has 1 aliphatic rings. The monoisotopic (exact) mass is 376 g/mol. The molecule has 9 heteroatoms. The number of aliphatic imine (C=N–C) groups is 1. The van der Waals surface area contributed by atoms with Gasteiger partial charge in [-0.15, -0.1) is 10.2 Å². The maximum Gasteiger partial charge on any atom is 0.320 e. The molecule has 0 bridgehead atoms. The second-order valence-corrected chi connectivity index (χ2v) is 6.95. The first-order chi connectivity index (χ1) is 13.2. The molecule has 0 aliphatic heterocycles. The highest BCUT2D eigenvalue weighted by Gasteiger charge is 2.24. The molecule has 0 amide bonds.